The van der Waals surface area contributed by atoms with Crippen LogP contribution in [-0.4, -0.2) is 86.0 Å². The highest BCUT2D eigenvalue weighted by Crippen LogP contribution is 2.37. The lowest BCUT2D eigenvalue weighted by Gasteiger charge is -2.41. The van der Waals surface area contributed by atoms with Crippen LogP contribution in [0, 0.1) is 12.5 Å². The van der Waals surface area contributed by atoms with E-state index >= 15 is 0 Å². The molecule has 0 aliphatic carbocycles. The first-order chi connectivity index (χ1) is 20.6. The molecule has 2 fully saturated rings. The van der Waals surface area contributed by atoms with Crippen LogP contribution in [0.4, 0.5) is 15.9 Å². The number of rotatable bonds is 8. The smallest absolute Gasteiger partial charge is 0.318 e. The number of alkyl halides is 1. The van der Waals surface area contributed by atoms with Gasteiger partial charge in [0.2, 0.25) is 12.5 Å². The molecule has 3 aliphatic rings. The Morgan fingerprint density at radius 1 is 1.17 bits per heavy atom. The highest BCUT2D eigenvalue weighted by atomic mass is 35.5. The van der Waals surface area contributed by atoms with Crippen molar-refractivity contribution >= 4 is 39.8 Å². The van der Waals surface area contributed by atoms with Crippen molar-refractivity contribution in [3.63, 3.8) is 0 Å². The highest BCUT2D eigenvalue weighted by molar-refractivity contribution is 6.36. The number of aromatic nitrogens is 2. The van der Waals surface area contributed by atoms with Gasteiger partial charge in [0.1, 0.15) is 18.5 Å². The van der Waals surface area contributed by atoms with Gasteiger partial charge in [-0.2, -0.15) is 9.97 Å². The fraction of sp³-hybridized carbons (Fsp3) is 0.419. The molecule has 0 unspecified atom stereocenters. The van der Waals surface area contributed by atoms with Crippen LogP contribution in [0.2, 0.25) is 5.02 Å². The molecule has 1 aromatic heterocycles. The first kappa shape index (κ1) is 28.2. The summed E-state index contributed by atoms with van der Waals surface area (Å²) in [5, 5.41) is 2.81. The average molecular weight is 591 g/mol. The van der Waals surface area contributed by atoms with Crippen molar-refractivity contribution in [2.45, 2.75) is 19.0 Å². The molecule has 42 heavy (non-hydrogen) atoms. The number of piperazine rings is 1. The lowest BCUT2D eigenvalue weighted by Crippen LogP contribution is -2.56. The van der Waals surface area contributed by atoms with E-state index in [1.165, 1.54) is 12.2 Å². The van der Waals surface area contributed by atoms with E-state index in [1.807, 2.05) is 18.2 Å². The number of ether oxygens (including phenoxy) is 2. The number of halogens is 2. The maximum atomic E-state index is 12.7. The molecule has 0 bridgehead atoms. The SMILES string of the molecule is [C-]#[N+]C[C@H]1CN(c2nc(OCC3COC3)nc3c2CCN(c2cccc4cccc(Cl)c24)C3)CCN1C(=O)/C=C/CF. The molecule has 2 saturated heterocycles. The number of fused-ring (bicyclic) bond motifs is 2. The number of amides is 1. The second kappa shape index (κ2) is 12.5. The summed E-state index contributed by atoms with van der Waals surface area (Å²) in [7, 11) is 0. The summed E-state index contributed by atoms with van der Waals surface area (Å²) in [6.07, 6.45) is 3.17. The maximum absolute atomic E-state index is 12.7. The van der Waals surface area contributed by atoms with Crippen LogP contribution >= 0.6 is 11.6 Å². The molecular formula is C31H32ClFN6O3. The fourth-order valence-electron chi connectivity index (χ4n) is 5.87. The molecule has 1 atom stereocenters. The van der Waals surface area contributed by atoms with Crippen molar-refractivity contribution in [2.24, 2.45) is 5.92 Å². The standard InChI is InChI=1S/C31H32ClFN6O3/c1-34-15-23-16-38(13-14-39(23)28(40)9-4-11-33)30-24-10-12-37(27-8-3-6-22-5-2-7-25(32)29(22)27)17-26(24)35-31(36-30)42-20-21-18-41-19-21/h2-9,21,23H,10-20H2/b9-4+/t23-/m0/s1. The average Bonchev–Trinajstić information content (AvgIpc) is 2.98. The second-order valence-corrected chi connectivity index (χ2v) is 11.2. The third kappa shape index (κ3) is 5.72. The van der Waals surface area contributed by atoms with Crippen molar-refractivity contribution in [3.8, 4) is 6.01 Å². The molecule has 0 radical (unpaired) electrons. The lowest BCUT2D eigenvalue weighted by molar-refractivity contribution is -0.128. The third-order valence-corrected chi connectivity index (χ3v) is 8.38. The molecule has 1 amide bonds. The lowest BCUT2D eigenvalue weighted by atomic mass is 10.0. The number of benzene rings is 2. The monoisotopic (exact) mass is 590 g/mol. The minimum Gasteiger partial charge on any atom is -0.463 e. The van der Waals surface area contributed by atoms with E-state index in [4.69, 9.17) is 37.6 Å². The summed E-state index contributed by atoms with van der Waals surface area (Å²) in [4.78, 5) is 32.2. The number of carbonyl (C=O) groups is 1. The second-order valence-electron chi connectivity index (χ2n) is 10.8. The van der Waals surface area contributed by atoms with E-state index in [1.54, 1.807) is 4.90 Å². The molecule has 2 aromatic carbocycles. The molecule has 3 aromatic rings. The third-order valence-electron chi connectivity index (χ3n) is 8.07. The molecule has 218 valence electrons. The van der Waals surface area contributed by atoms with Crippen LogP contribution in [0.25, 0.3) is 15.6 Å². The summed E-state index contributed by atoms with van der Waals surface area (Å²) in [5.41, 5.74) is 3.00. The van der Waals surface area contributed by atoms with Gasteiger partial charge in [0.05, 0.1) is 37.1 Å². The summed E-state index contributed by atoms with van der Waals surface area (Å²) in [5.74, 6) is 0.830. The number of carbonyl (C=O) groups excluding carboxylic acids is 1. The van der Waals surface area contributed by atoms with Gasteiger partial charge in [0, 0.05) is 54.8 Å². The molecule has 0 N–H and O–H groups in total. The molecular weight excluding hydrogens is 559 g/mol. The van der Waals surface area contributed by atoms with Crippen LogP contribution in [0.3, 0.4) is 0 Å². The van der Waals surface area contributed by atoms with Gasteiger partial charge in [-0.1, -0.05) is 35.9 Å². The van der Waals surface area contributed by atoms with Crippen molar-refractivity contribution in [2.75, 3.05) is 69.0 Å². The predicted molar refractivity (Wildman–Crippen MR) is 160 cm³/mol. The topological polar surface area (TPSA) is 75.4 Å². The van der Waals surface area contributed by atoms with Gasteiger partial charge >= 0.3 is 6.01 Å². The molecule has 6 rings (SSSR count). The normalized spacial score (nSPS) is 19.1. The maximum Gasteiger partial charge on any atom is 0.318 e. The Kier molecular flexibility index (Phi) is 8.40. The Balaban J connectivity index is 1.32. The number of anilines is 2. The zero-order chi connectivity index (χ0) is 29.1. The first-order valence-electron chi connectivity index (χ1n) is 14.2. The number of hydrogen-bond donors (Lipinski definition) is 0. The van der Waals surface area contributed by atoms with Crippen LogP contribution in [0.5, 0.6) is 6.01 Å². The van der Waals surface area contributed by atoms with E-state index in [2.05, 4.69) is 32.8 Å². The molecule has 4 heterocycles. The fourth-order valence-corrected chi connectivity index (χ4v) is 6.15. The number of hydrogen-bond acceptors (Lipinski definition) is 7. The van der Waals surface area contributed by atoms with Gasteiger partial charge in [-0.25, -0.2) is 11.0 Å². The number of allylic oxidation sites excluding steroid dienone is 1. The highest BCUT2D eigenvalue weighted by Gasteiger charge is 2.35. The Bertz CT molecular complexity index is 1540. The summed E-state index contributed by atoms with van der Waals surface area (Å²) >= 11 is 6.66. The van der Waals surface area contributed by atoms with Gasteiger partial charge in [-0.15, -0.1) is 0 Å². The Hall–Kier alpha value is -3.94. The summed E-state index contributed by atoms with van der Waals surface area (Å²) in [6.45, 7) is 11.4. The largest absolute Gasteiger partial charge is 0.463 e. The predicted octanol–water partition coefficient (Wildman–Crippen LogP) is 4.33. The van der Waals surface area contributed by atoms with Gasteiger partial charge < -0.3 is 29.0 Å². The van der Waals surface area contributed by atoms with Gasteiger partial charge in [-0.3, -0.25) is 4.79 Å². The zero-order valence-corrected chi connectivity index (χ0v) is 24.0. The van der Waals surface area contributed by atoms with E-state index in [0.717, 1.165) is 40.1 Å². The molecule has 9 nitrogen and oxygen atoms in total. The van der Waals surface area contributed by atoms with Crippen molar-refractivity contribution in [1.29, 1.82) is 0 Å². The summed E-state index contributed by atoms with van der Waals surface area (Å²) in [6, 6.07) is 12.1. The minimum absolute atomic E-state index is 0.152. The van der Waals surface area contributed by atoms with Crippen molar-refractivity contribution in [1.82, 2.24) is 14.9 Å². The van der Waals surface area contributed by atoms with Crippen LogP contribution in [-0.2, 0) is 22.5 Å². The Morgan fingerprint density at radius 3 is 2.76 bits per heavy atom. The number of nitrogens with zero attached hydrogens (tertiary/aromatic N) is 6. The molecule has 0 saturated carbocycles. The van der Waals surface area contributed by atoms with Gasteiger partial charge in [0.15, 0.2) is 0 Å². The Morgan fingerprint density at radius 2 is 2.00 bits per heavy atom. The summed E-state index contributed by atoms with van der Waals surface area (Å²) < 4.78 is 24.1. The van der Waals surface area contributed by atoms with E-state index in [0.29, 0.717) is 69.4 Å². The van der Waals surface area contributed by atoms with E-state index in [9.17, 15) is 9.18 Å². The molecule has 3 aliphatic heterocycles. The van der Waals surface area contributed by atoms with E-state index < -0.39 is 6.67 Å². The molecule has 0 spiro atoms. The first-order valence-corrected chi connectivity index (χ1v) is 14.6. The zero-order valence-electron chi connectivity index (χ0n) is 23.2. The van der Waals surface area contributed by atoms with Crippen LogP contribution in [0.15, 0.2) is 48.6 Å². The van der Waals surface area contributed by atoms with Crippen molar-refractivity contribution < 1.29 is 18.7 Å². The Labute approximate surface area is 249 Å². The van der Waals surface area contributed by atoms with Crippen LogP contribution in [0.1, 0.15) is 11.3 Å². The quantitative estimate of drug-likeness (QED) is 0.285. The van der Waals surface area contributed by atoms with Crippen molar-refractivity contribution in [3.05, 3.63) is 76.2 Å². The minimum atomic E-state index is -0.704. The van der Waals surface area contributed by atoms with Gasteiger partial charge in [-0.05, 0) is 30.0 Å². The van der Waals surface area contributed by atoms with Crippen LogP contribution < -0.4 is 14.5 Å². The van der Waals surface area contributed by atoms with E-state index in [-0.39, 0.29) is 18.5 Å². The molecule has 11 heteroatoms. The van der Waals surface area contributed by atoms with Gasteiger partial charge in [0.25, 0.3) is 0 Å².